The van der Waals surface area contributed by atoms with E-state index in [2.05, 4.69) is 0 Å². The number of carbonyl (C=O) groups is 3. The van der Waals surface area contributed by atoms with E-state index in [1.807, 2.05) is 11.4 Å². The summed E-state index contributed by atoms with van der Waals surface area (Å²) in [4.78, 5) is 43.1. The minimum Gasteiger partial charge on any atom is -0.339 e. The molecule has 0 bridgehead atoms. The van der Waals surface area contributed by atoms with Crippen LogP contribution in [0.4, 0.5) is 10.1 Å². The van der Waals surface area contributed by atoms with Crippen molar-refractivity contribution in [3.05, 3.63) is 52.5 Å². The number of rotatable bonds is 3. The van der Waals surface area contributed by atoms with Crippen molar-refractivity contribution in [1.82, 2.24) is 9.80 Å². The van der Waals surface area contributed by atoms with Crippen LogP contribution >= 0.6 is 11.3 Å². The van der Waals surface area contributed by atoms with E-state index in [4.69, 9.17) is 0 Å². The Bertz CT molecular complexity index is 894. The van der Waals surface area contributed by atoms with Crippen LogP contribution in [0.5, 0.6) is 0 Å². The van der Waals surface area contributed by atoms with Crippen LogP contribution in [0.15, 0.2) is 41.8 Å². The maximum absolute atomic E-state index is 14.0. The standard InChI is InChI=1S/C20H20FN3O3S/c21-15-4-1-2-5-16(15)24-13-14(12-18(24)25)19(26)22-7-9-23(10-8-22)20(27)17-6-3-11-28-17/h1-6,11,14H,7-10,12-13H2. The molecule has 0 N–H and O–H groups in total. The Morgan fingerprint density at radius 3 is 2.39 bits per heavy atom. The van der Waals surface area contributed by atoms with Crippen LogP contribution in [0.3, 0.4) is 0 Å². The third-order valence-corrected chi connectivity index (χ3v) is 6.09. The van der Waals surface area contributed by atoms with Crippen LogP contribution in [0.2, 0.25) is 0 Å². The van der Waals surface area contributed by atoms with E-state index in [0.29, 0.717) is 31.1 Å². The zero-order chi connectivity index (χ0) is 19.7. The molecular formula is C20H20FN3O3S. The average molecular weight is 401 g/mol. The monoisotopic (exact) mass is 401 g/mol. The zero-order valence-corrected chi connectivity index (χ0v) is 16.0. The first-order valence-corrected chi connectivity index (χ1v) is 10.1. The summed E-state index contributed by atoms with van der Waals surface area (Å²) >= 11 is 1.41. The Kier molecular flexibility index (Phi) is 5.13. The van der Waals surface area contributed by atoms with Crippen LogP contribution in [-0.2, 0) is 9.59 Å². The van der Waals surface area contributed by atoms with Gasteiger partial charge in [0.25, 0.3) is 5.91 Å². The average Bonchev–Trinajstić information content (AvgIpc) is 3.37. The Morgan fingerprint density at radius 2 is 1.71 bits per heavy atom. The van der Waals surface area contributed by atoms with Gasteiger partial charge in [-0.2, -0.15) is 0 Å². The highest BCUT2D eigenvalue weighted by atomic mass is 32.1. The van der Waals surface area contributed by atoms with Crippen molar-refractivity contribution >= 4 is 34.7 Å². The quantitative estimate of drug-likeness (QED) is 0.793. The van der Waals surface area contributed by atoms with Gasteiger partial charge in [0.15, 0.2) is 0 Å². The predicted molar refractivity (Wildman–Crippen MR) is 104 cm³/mol. The third-order valence-electron chi connectivity index (χ3n) is 5.23. The predicted octanol–water partition coefficient (Wildman–Crippen LogP) is 2.22. The summed E-state index contributed by atoms with van der Waals surface area (Å²) in [5.41, 5.74) is 0.217. The maximum Gasteiger partial charge on any atom is 0.264 e. The molecule has 3 amide bonds. The second-order valence-corrected chi connectivity index (χ2v) is 7.90. The van der Waals surface area contributed by atoms with E-state index in [-0.39, 0.29) is 36.4 Å². The Hall–Kier alpha value is -2.74. The van der Waals surface area contributed by atoms with Gasteiger partial charge in [0.05, 0.1) is 16.5 Å². The second kappa shape index (κ2) is 7.71. The van der Waals surface area contributed by atoms with Crippen LogP contribution in [-0.4, -0.2) is 60.2 Å². The van der Waals surface area contributed by atoms with Crippen LogP contribution in [0, 0.1) is 11.7 Å². The second-order valence-electron chi connectivity index (χ2n) is 6.95. The molecule has 0 spiro atoms. The molecule has 3 heterocycles. The van der Waals surface area contributed by atoms with Crippen molar-refractivity contribution in [2.45, 2.75) is 6.42 Å². The molecule has 0 radical (unpaired) electrons. The van der Waals surface area contributed by atoms with E-state index in [1.165, 1.54) is 22.3 Å². The Balaban J connectivity index is 1.36. The van der Waals surface area contributed by atoms with Gasteiger partial charge in [-0.15, -0.1) is 11.3 Å². The van der Waals surface area contributed by atoms with Gasteiger partial charge in [0.2, 0.25) is 11.8 Å². The van der Waals surface area contributed by atoms with Gasteiger partial charge in [0, 0.05) is 39.1 Å². The molecule has 0 saturated carbocycles. The van der Waals surface area contributed by atoms with Crippen molar-refractivity contribution in [1.29, 1.82) is 0 Å². The Morgan fingerprint density at radius 1 is 1.00 bits per heavy atom. The molecule has 2 saturated heterocycles. The molecule has 8 heteroatoms. The Labute approximate surface area is 166 Å². The van der Waals surface area contributed by atoms with E-state index in [0.717, 1.165) is 0 Å². The minimum atomic E-state index is -0.480. The van der Waals surface area contributed by atoms with E-state index in [9.17, 15) is 18.8 Å². The molecular weight excluding hydrogens is 381 g/mol. The van der Waals surface area contributed by atoms with Gasteiger partial charge in [-0.25, -0.2) is 4.39 Å². The fraction of sp³-hybridized carbons (Fsp3) is 0.350. The highest BCUT2D eigenvalue weighted by Crippen LogP contribution is 2.28. The summed E-state index contributed by atoms with van der Waals surface area (Å²) in [5, 5.41) is 1.87. The molecule has 1 atom stereocenters. The van der Waals surface area contributed by atoms with Crippen LogP contribution in [0.1, 0.15) is 16.1 Å². The van der Waals surface area contributed by atoms with Gasteiger partial charge in [-0.1, -0.05) is 18.2 Å². The minimum absolute atomic E-state index is 0.0103. The number of halogens is 1. The van der Waals surface area contributed by atoms with Crippen molar-refractivity contribution in [3.8, 4) is 0 Å². The molecule has 6 nitrogen and oxygen atoms in total. The molecule has 1 aromatic carbocycles. The molecule has 2 aromatic rings. The molecule has 146 valence electrons. The number of benzene rings is 1. The first kappa shape index (κ1) is 18.6. The van der Waals surface area contributed by atoms with Gasteiger partial charge in [-0.3, -0.25) is 14.4 Å². The first-order valence-electron chi connectivity index (χ1n) is 9.21. The number of thiophene rings is 1. The number of carbonyl (C=O) groups excluding carboxylic acids is 3. The molecule has 28 heavy (non-hydrogen) atoms. The summed E-state index contributed by atoms with van der Waals surface area (Å²) in [5.74, 6) is -1.30. The lowest BCUT2D eigenvalue weighted by atomic mass is 10.1. The topological polar surface area (TPSA) is 60.9 Å². The molecule has 4 rings (SSSR count). The molecule has 2 aliphatic rings. The van der Waals surface area contributed by atoms with E-state index >= 15 is 0 Å². The van der Waals surface area contributed by atoms with E-state index < -0.39 is 11.7 Å². The SMILES string of the molecule is O=C(c1cccs1)N1CCN(C(=O)C2CC(=O)N(c3ccccc3F)C2)CC1. The number of anilines is 1. The normalized spacial score (nSPS) is 20.0. The molecule has 2 fully saturated rings. The molecule has 1 aromatic heterocycles. The van der Waals surface area contributed by atoms with Crippen LogP contribution < -0.4 is 4.90 Å². The van der Waals surface area contributed by atoms with Gasteiger partial charge >= 0.3 is 0 Å². The van der Waals surface area contributed by atoms with Crippen LogP contribution in [0.25, 0.3) is 0 Å². The number of hydrogen-bond acceptors (Lipinski definition) is 4. The number of hydrogen-bond donors (Lipinski definition) is 0. The summed E-state index contributed by atoms with van der Waals surface area (Å²) in [6, 6.07) is 9.74. The van der Waals surface area contributed by atoms with Crippen molar-refractivity contribution < 1.29 is 18.8 Å². The fourth-order valence-corrected chi connectivity index (χ4v) is 4.41. The summed E-state index contributed by atoms with van der Waals surface area (Å²) < 4.78 is 14.0. The lowest BCUT2D eigenvalue weighted by molar-refractivity contribution is -0.137. The lowest BCUT2D eigenvalue weighted by Crippen LogP contribution is -2.52. The van der Waals surface area contributed by atoms with Gasteiger partial charge in [-0.05, 0) is 23.6 Å². The number of para-hydroxylation sites is 1. The number of nitrogens with zero attached hydrogens (tertiary/aromatic N) is 3. The summed E-state index contributed by atoms with van der Waals surface area (Å²) in [6.45, 7) is 2.02. The summed E-state index contributed by atoms with van der Waals surface area (Å²) in [7, 11) is 0. The fourth-order valence-electron chi connectivity index (χ4n) is 3.72. The first-order chi connectivity index (χ1) is 13.5. The largest absolute Gasteiger partial charge is 0.339 e. The maximum atomic E-state index is 14.0. The number of piperazine rings is 1. The van der Waals surface area contributed by atoms with Crippen molar-refractivity contribution in [2.24, 2.45) is 5.92 Å². The lowest BCUT2D eigenvalue weighted by Gasteiger charge is -2.35. The van der Waals surface area contributed by atoms with Crippen molar-refractivity contribution in [3.63, 3.8) is 0 Å². The molecule has 2 aliphatic heterocycles. The van der Waals surface area contributed by atoms with E-state index in [1.54, 1.807) is 34.1 Å². The highest BCUT2D eigenvalue weighted by Gasteiger charge is 2.39. The van der Waals surface area contributed by atoms with Gasteiger partial charge < -0.3 is 14.7 Å². The van der Waals surface area contributed by atoms with Crippen molar-refractivity contribution in [2.75, 3.05) is 37.6 Å². The molecule has 0 aliphatic carbocycles. The van der Waals surface area contributed by atoms with Gasteiger partial charge in [0.1, 0.15) is 5.82 Å². The smallest absolute Gasteiger partial charge is 0.264 e. The highest BCUT2D eigenvalue weighted by molar-refractivity contribution is 7.12. The number of amides is 3. The zero-order valence-electron chi connectivity index (χ0n) is 15.2. The molecule has 1 unspecified atom stereocenters. The summed E-state index contributed by atoms with van der Waals surface area (Å²) in [6.07, 6.45) is 0.0848. The third kappa shape index (κ3) is 3.52.